The fourth-order valence-electron chi connectivity index (χ4n) is 6.03. The van der Waals surface area contributed by atoms with Crippen molar-refractivity contribution >= 4 is 11.7 Å². The van der Waals surface area contributed by atoms with E-state index in [0.29, 0.717) is 0 Å². The maximum Gasteiger partial charge on any atom is 0.119 e. The molecule has 0 aromatic heterocycles. The average molecular weight is 455 g/mol. The van der Waals surface area contributed by atoms with Crippen molar-refractivity contribution in [3.05, 3.63) is 81.9 Å². The number of hydrogen-bond acceptors (Lipinski definition) is 4. The molecule has 0 heterocycles. The Morgan fingerprint density at radius 3 is 2.47 bits per heavy atom. The molecule has 4 nitrogen and oxygen atoms in total. The Kier molecular flexibility index (Phi) is 5.63. The number of carboxylic acid groups (broad SMARTS) is 1. The van der Waals surface area contributed by atoms with Gasteiger partial charge in [0.25, 0.3) is 0 Å². The number of anilines is 1. The normalized spacial score (nSPS) is 17.5. The third-order valence-corrected chi connectivity index (χ3v) is 8.00. The molecule has 0 radical (unpaired) electrons. The van der Waals surface area contributed by atoms with Crippen LogP contribution in [0.5, 0.6) is 5.75 Å². The molecule has 34 heavy (non-hydrogen) atoms. The number of ether oxygens (including phenoxy) is 1. The third kappa shape index (κ3) is 3.96. The Morgan fingerprint density at radius 2 is 1.82 bits per heavy atom. The summed E-state index contributed by atoms with van der Waals surface area (Å²) in [6, 6.07) is 17.2. The Morgan fingerprint density at radius 1 is 1.09 bits per heavy atom. The molecule has 1 saturated carbocycles. The first-order valence-corrected chi connectivity index (χ1v) is 12.1. The summed E-state index contributed by atoms with van der Waals surface area (Å²) >= 11 is 0. The molecule has 0 bridgehead atoms. The zero-order chi connectivity index (χ0) is 24.0. The van der Waals surface area contributed by atoms with Gasteiger partial charge in [-0.1, -0.05) is 24.3 Å². The predicted molar refractivity (Wildman–Crippen MR) is 134 cm³/mol. The van der Waals surface area contributed by atoms with Gasteiger partial charge in [0.15, 0.2) is 0 Å². The smallest absolute Gasteiger partial charge is 0.119 e. The minimum absolute atomic E-state index is 0.108. The van der Waals surface area contributed by atoms with Gasteiger partial charge < -0.3 is 20.0 Å². The lowest BCUT2D eigenvalue weighted by Crippen LogP contribution is -2.26. The van der Waals surface area contributed by atoms with Gasteiger partial charge in [-0.25, -0.2) is 0 Å². The van der Waals surface area contributed by atoms with Gasteiger partial charge in [0.2, 0.25) is 0 Å². The summed E-state index contributed by atoms with van der Waals surface area (Å²) in [7, 11) is 1.71. The fourth-order valence-corrected chi connectivity index (χ4v) is 6.03. The van der Waals surface area contributed by atoms with Gasteiger partial charge in [-0.2, -0.15) is 0 Å². The number of nitrogens with one attached hydrogen (secondary N) is 1. The summed E-state index contributed by atoms with van der Waals surface area (Å²) in [5.74, 6) is 0.0566. The highest BCUT2D eigenvalue weighted by molar-refractivity contribution is 5.75. The van der Waals surface area contributed by atoms with Crippen LogP contribution in [0.3, 0.4) is 0 Å². The summed E-state index contributed by atoms with van der Waals surface area (Å²) in [4.78, 5) is 11.3. The summed E-state index contributed by atoms with van der Waals surface area (Å²) in [6.07, 6.45) is 3.37. The van der Waals surface area contributed by atoms with Crippen LogP contribution in [0.4, 0.5) is 5.69 Å². The van der Waals surface area contributed by atoms with Gasteiger partial charge in [-0.15, -0.1) is 0 Å². The van der Waals surface area contributed by atoms with E-state index in [1.54, 1.807) is 7.11 Å². The number of methoxy groups -OCH3 is 1. The molecular formula is C30H32NO3-. The average Bonchev–Trinajstić information content (AvgIpc) is 3.51. The number of carboxylic acids is 1. The van der Waals surface area contributed by atoms with E-state index < -0.39 is 5.97 Å². The van der Waals surface area contributed by atoms with E-state index >= 15 is 0 Å². The molecule has 0 amide bonds. The van der Waals surface area contributed by atoms with Gasteiger partial charge in [-0.3, -0.25) is 0 Å². The number of rotatable bonds is 7. The first-order valence-electron chi connectivity index (χ1n) is 12.1. The van der Waals surface area contributed by atoms with Crippen molar-refractivity contribution in [1.29, 1.82) is 0 Å². The number of carbonyl (C=O) groups is 1. The second-order valence-electron chi connectivity index (χ2n) is 10.2. The number of benzene rings is 3. The highest BCUT2D eigenvalue weighted by Crippen LogP contribution is 2.64. The van der Waals surface area contributed by atoms with Crippen molar-refractivity contribution in [3.63, 3.8) is 0 Å². The summed E-state index contributed by atoms with van der Waals surface area (Å²) in [6.45, 7) is 7.21. The summed E-state index contributed by atoms with van der Waals surface area (Å²) < 4.78 is 5.44. The van der Waals surface area contributed by atoms with Gasteiger partial charge in [0.1, 0.15) is 5.75 Å². The van der Waals surface area contributed by atoms with Crippen LogP contribution in [0.2, 0.25) is 0 Å². The van der Waals surface area contributed by atoms with Crippen molar-refractivity contribution in [2.24, 2.45) is 5.41 Å². The maximum absolute atomic E-state index is 11.3. The highest BCUT2D eigenvalue weighted by atomic mass is 16.5. The molecule has 1 unspecified atom stereocenters. The van der Waals surface area contributed by atoms with Crippen LogP contribution in [0.1, 0.15) is 58.6 Å². The van der Waals surface area contributed by atoms with Crippen molar-refractivity contribution in [2.75, 3.05) is 12.4 Å². The lowest BCUT2D eigenvalue weighted by molar-refractivity contribution is -0.306. The van der Waals surface area contributed by atoms with Crippen molar-refractivity contribution < 1.29 is 14.6 Å². The molecule has 1 N–H and O–H groups in total. The minimum atomic E-state index is -0.941. The van der Waals surface area contributed by atoms with E-state index in [4.69, 9.17) is 4.74 Å². The SMILES string of the molecule is COc1cc(C)c(-c2cccc(CNc3ccc4c(c3)CC3(CC3)C4CC(=O)[O-])c2C)c(C)c1. The molecule has 4 heteroatoms. The molecule has 176 valence electrons. The van der Waals surface area contributed by atoms with Crippen LogP contribution in [-0.2, 0) is 17.8 Å². The van der Waals surface area contributed by atoms with Crippen LogP contribution < -0.4 is 15.2 Å². The molecule has 1 spiro atoms. The van der Waals surface area contributed by atoms with Crippen LogP contribution in [0.15, 0.2) is 48.5 Å². The molecule has 2 aliphatic carbocycles. The van der Waals surface area contributed by atoms with Crippen LogP contribution in [0, 0.1) is 26.2 Å². The van der Waals surface area contributed by atoms with Gasteiger partial charge in [0, 0.05) is 18.2 Å². The lowest BCUT2D eigenvalue weighted by Gasteiger charge is -2.20. The van der Waals surface area contributed by atoms with Gasteiger partial charge >= 0.3 is 0 Å². The first-order chi connectivity index (χ1) is 16.3. The monoisotopic (exact) mass is 454 g/mol. The van der Waals surface area contributed by atoms with E-state index in [9.17, 15) is 9.90 Å². The van der Waals surface area contributed by atoms with Crippen LogP contribution in [-0.4, -0.2) is 13.1 Å². The number of fused-ring (bicyclic) bond motifs is 1. The van der Waals surface area contributed by atoms with E-state index in [0.717, 1.165) is 37.2 Å². The molecule has 1 fully saturated rings. The molecule has 1 atom stereocenters. The molecule has 2 aliphatic rings. The molecule has 0 aliphatic heterocycles. The zero-order valence-corrected chi connectivity index (χ0v) is 20.5. The Bertz CT molecular complexity index is 1250. The summed E-state index contributed by atoms with van der Waals surface area (Å²) in [5, 5.41) is 14.9. The molecule has 3 aromatic carbocycles. The Balaban J connectivity index is 1.37. The standard InChI is InChI=1S/C30H33NO3/c1-18-12-24(34-4)13-19(2)29(18)25-7-5-6-21(20(25)3)17-31-23-8-9-26-22(14-23)16-30(10-11-30)27(26)15-28(32)33/h5-9,12-14,27,31H,10-11,15-17H2,1-4H3,(H,32,33)/p-1. The topological polar surface area (TPSA) is 61.4 Å². The van der Waals surface area contributed by atoms with Crippen LogP contribution >= 0.6 is 0 Å². The van der Waals surface area contributed by atoms with Gasteiger partial charge in [0.05, 0.1) is 7.11 Å². The predicted octanol–water partition coefficient (Wildman–Crippen LogP) is 5.46. The molecular weight excluding hydrogens is 422 g/mol. The van der Waals surface area contributed by atoms with E-state index in [1.807, 2.05) is 0 Å². The van der Waals surface area contributed by atoms with Crippen LogP contribution in [0.25, 0.3) is 11.1 Å². The zero-order valence-electron chi connectivity index (χ0n) is 20.5. The molecule has 5 rings (SSSR count). The minimum Gasteiger partial charge on any atom is -0.550 e. The largest absolute Gasteiger partial charge is 0.550 e. The van der Waals surface area contributed by atoms with Gasteiger partial charge in [-0.05, 0) is 127 Å². The third-order valence-electron chi connectivity index (χ3n) is 8.00. The Labute approximate surface area is 202 Å². The second-order valence-corrected chi connectivity index (χ2v) is 10.2. The van der Waals surface area contributed by atoms with E-state index in [1.165, 1.54) is 44.5 Å². The van der Waals surface area contributed by atoms with Crippen molar-refractivity contribution in [2.45, 2.75) is 58.9 Å². The highest BCUT2D eigenvalue weighted by Gasteiger charge is 2.53. The number of aliphatic carboxylic acids is 1. The van der Waals surface area contributed by atoms with Crippen molar-refractivity contribution in [1.82, 2.24) is 0 Å². The quantitative estimate of drug-likeness (QED) is 0.515. The molecule has 0 saturated heterocycles. The maximum atomic E-state index is 11.3. The second kappa shape index (κ2) is 8.50. The number of carbonyl (C=O) groups excluding carboxylic acids is 1. The summed E-state index contributed by atoms with van der Waals surface area (Å²) in [5.41, 5.74) is 11.2. The van der Waals surface area contributed by atoms with Crippen molar-refractivity contribution in [3.8, 4) is 16.9 Å². The lowest BCUT2D eigenvalue weighted by atomic mass is 9.87. The fraction of sp³-hybridized carbons (Fsp3) is 0.367. The Hall–Kier alpha value is -3.27. The molecule has 3 aromatic rings. The van der Waals surface area contributed by atoms with E-state index in [-0.39, 0.29) is 17.8 Å². The first kappa shape index (κ1) is 22.5. The number of hydrogen-bond donors (Lipinski definition) is 1. The number of aryl methyl sites for hydroxylation is 2. The van der Waals surface area contributed by atoms with E-state index in [2.05, 4.69) is 74.6 Å².